The molecule has 0 saturated carbocycles. The average Bonchev–Trinajstić information content (AvgIpc) is 2.79. The normalized spacial score (nSPS) is 10.4. The predicted octanol–water partition coefficient (Wildman–Crippen LogP) is 0.936. The van der Waals surface area contributed by atoms with Crippen LogP contribution in [0.15, 0.2) is 30.3 Å². The van der Waals surface area contributed by atoms with Crippen molar-refractivity contribution in [2.75, 3.05) is 6.61 Å². The van der Waals surface area contributed by atoms with Crippen LogP contribution in [-0.2, 0) is 17.9 Å². The van der Waals surface area contributed by atoms with Crippen LogP contribution in [0.5, 0.6) is 0 Å². The van der Waals surface area contributed by atoms with Crippen molar-refractivity contribution in [3.63, 3.8) is 0 Å². The first-order valence-electron chi connectivity index (χ1n) is 5.94. The number of carbonyl (C=O) groups excluding carboxylic acids is 1. The molecular formula is C13H15N3O3. The number of rotatable bonds is 5. The second kappa shape index (κ2) is 6.10. The standard InChI is InChI=1S/C13H15N3O3/c1-10-12(14-15-16(10)7-8-17)13(18)19-9-11-5-3-2-4-6-11/h2-6,17H,7-9H2,1H3. The first-order chi connectivity index (χ1) is 9.22. The first-order valence-corrected chi connectivity index (χ1v) is 5.94. The maximum Gasteiger partial charge on any atom is 0.361 e. The second-order valence-electron chi connectivity index (χ2n) is 4.03. The molecule has 0 saturated heterocycles. The van der Waals surface area contributed by atoms with Crippen molar-refractivity contribution in [2.45, 2.75) is 20.1 Å². The molecule has 19 heavy (non-hydrogen) atoms. The third-order valence-corrected chi connectivity index (χ3v) is 2.70. The highest BCUT2D eigenvalue weighted by Gasteiger charge is 2.17. The Morgan fingerprint density at radius 3 is 2.79 bits per heavy atom. The molecule has 0 aliphatic heterocycles. The van der Waals surface area contributed by atoms with E-state index in [1.54, 1.807) is 6.92 Å². The van der Waals surface area contributed by atoms with Gasteiger partial charge in [-0.25, -0.2) is 9.48 Å². The number of carbonyl (C=O) groups is 1. The number of hydrogen-bond donors (Lipinski definition) is 1. The molecule has 6 heteroatoms. The van der Waals surface area contributed by atoms with E-state index in [4.69, 9.17) is 9.84 Å². The molecule has 0 fully saturated rings. The van der Waals surface area contributed by atoms with Gasteiger partial charge in [-0.2, -0.15) is 0 Å². The molecule has 1 aromatic heterocycles. The third-order valence-electron chi connectivity index (χ3n) is 2.70. The zero-order valence-electron chi connectivity index (χ0n) is 10.6. The van der Waals surface area contributed by atoms with E-state index in [2.05, 4.69) is 10.3 Å². The number of benzene rings is 1. The molecular weight excluding hydrogens is 246 g/mol. The van der Waals surface area contributed by atoms with Crippen molar-refractivity contribution in [1.82, 2.24) is 15.0 Å². The maximum absolute atomic E-state index is 11.9. The summed E-state index contributed by atoms with van der Waals surface area (Å²) >= 11 is 0. The molecule has 2 rings (SSSR count). The van der Waals surface area contributed by atoms with Crippen molar-refractivity contribution in [2.24, 2.45) is 0 Å². The monoisotopic (exact) mass is 261 g/mol. The Morgan fingerprint density at radius 1 is 1.37 bits per heavy atom. The fourth-order valence-corrected chi connectivity index (χ4v) is 1.65. The molecule has 1 N–H and O–H groups in total. The van der Waals surface area contributed by atoms with Crippen LogP contribution in [0.3, 0.4) is 0 Å². The Morgan fingerprint density at radius 2 is 2.11 bits per heavy atom. The lowest BCUT2D eigenvalue weighted by molar-refractivity contribution is 0.0464. The molecule has 0 spiro atoms. The molecule has 0 aliphatic rings. The fourth-order valence-electron chi connectivity index (χ4n) is 1.65. The van der Waals surface area contributed by atoms with E-state index in [1.165, 1.54) is 4.68 Å². The third kappa shape index (κ3) is 3.17. The van der Waals surface area contributed by atoms with E-state index in [0.29, 0.717) is 12.2 Å². The van der Waals surface area contributed by atoms with Gasteiger partial charge in [-0.05, 0) is 12.5 Å². The van der Waals surface area contributed by atoms with Crippen molar-refractivity contribution in [1.29, 1.82) is 0 Å². The van der Waals surface area contributed by atoms with Gasteiger partial charge >= 0.3 is 5.97 Å². The summed E-state index contributed by atoms with van der Waals surface area (Å²) in [5.41, 5.74) is 1.69. The van der Waals surface area contributed by atoms with E-state index in [1.807, 2.05) is 30.3 Å². The molecule has 0 atom stereocenters. The smallest absolute Gasteiger partial charge is 0.361 e. The number of hydrogen-bond acceptors (Lipinski definition) is 5. The minimum absolute atomic E-state index is 0.0529. The summed E-state index contributed by atoms with van der Waals surface area (Å²) in [5, 5.41) is 16.4. The molecule has 1 aromatic carbocycles. The van der Waals surface area contributed by atoms with Crippen LogP contribution in [0.25, 0.3) is 0 Å². The number of aromatic nitrogens is 3. The lowest BCUT2D eigenvalue weighted by Crippen LogP contribution is -2.09. The van der Waals surface area contributed by atoms with Gasteiger partial charge in [-0.3, -0.25) is 0 Å². The van der Waals surface area contributed by atoms with Gasteiger partial charge in [-0.15, -0.1) is 5.10 Å². The number of aliphatic hydroxyl groups is 1. The quantitative estimate of drug-likeness (QED) is 0.810. The Kier molecular flexibility index (Phi) is 4.25. The van der Waals surface area contributed by atoms with E-state index in [9.17, 15) is 4.79 Å². The Balaban J connectivity index is 2.00. The topological polar surface area (TPSA) is 77.2 Å². The molecule has 0 radical (unpaired) electrons. The van der Waals surface area contributed by atoms with Crippen LogP contribution >= 0.6 is 0 Å². The predicted molar refractivity (Wildman–Crippen MR) is 67.4 cm³/mol. The van der Waals surface area contributed by atoms with Crippen LogP contribution in [0.1, 0.15) is 21.7 Å². The van der Waals surface area contributed by atoms with Crippen molar-refractivity contribution in [3.05, 3.63) is 47.3 Å². The van der Waals surface area contributed by atoms with Crippen molar-refractivity contribution in [3.8, 4) is 0 Å². The highest BCUT2D eigenvalue weighted by atomic mass is 16.5. The van der Waals surface area contributed by atoms with Gasteiger partial charge in [-0.1, -0.05) is 35.5 Å². The van der Waals surface area contributed by atoms with E-state index in [0.717, 1.165) is 5.56 Å². The minimum Gasteiger partial charge on any atom is -0.456 e. The summed E-state index contributed by atoms with van der Waals surface area (Å²) < 4.78 is 6.64. The molecule has 1 heterocycles. The van der Waals surface area contributed by atoms with Gasteiger partial charge in [0.1, 0.15) is 6.61 Å². The molecule has 6 nitrogen and oxygen atoms in total. The van der Waals surface area contributed by atoms with E-state index >= 15 is 0 Å². The largest absolute Gasteiger partial charge is 0.456 e. The Bertz CT molecular complexity index is 552. The summed E-state index contributed by atoms with van der Waals surface area (Å²) in [6.45, 7) is 2.17. The Hall–Kier alpha value is -2.21. The van der Waals surface area contributed by atoms with Crippen LogP contribution < -0.4 is 0 Å². The van der Waals surface area contributed by atoms with Crippen LogP contribution in [0.4, 0.5) is 0 Å². The van der Waals surface area contributed by atoms with Gasteiger partial charge in [0.15, 0.2) is 5.69 Å². The highest BCUT2D eigenvalue weighted by molar-refractivity contribution is 5.88. The number of ether oxygens (including phenoxy) is 1. The van der Waals surface area contributed by atoms with Gasteiger partial charge in [0, 0.05) is 0 Å². The van der Waals surface area contributed by atoms with Crippen molar-refractivity contribution >= 4 is 5.97 Å². The maximum atomic E-state index is 11.9. The second-order valence-corrected chi connectivity index (χ2v) is 4.03. The average molecular weight is 261 g/mol. The highest BCUT2D eigenvalue weighted by Crippen LogP contribution is 2.08. The summed E-state index contributed by atoms with van der Waals surface area (Å²) in [7, 11) is 0. The van der Waals surface area contributed by atoms with Gasteiger partial charge in [0.05, 0.1) is 18.8 Å². The van der Waals surface area contributed by atoms with Crippen LogP contribution in [0.2, 0.25) is 0 Å². The summed E-state index contributed by atoms with van der Waals surface area (Å²) in [6.07, 6.45) is 0. The first kappa shape index (κ1) is 13.2. The molecule has 0 unspecified atom stereocenters. The number of nitrogens with zero attached hydrogens (tertiary/aromatic N) is 3. The number of esters is 1. The van der Waals surface area contributed by atoms with Gasteiger partial charge < -0.3 is 9.84 Å². The lowest BCUT2D eigenvalue weighted by atomic mass is 10.2. The summed E-state index contributed by atoms with van der Waals surface area (Å²) in [6, 6.07) is 9.42. The molecule has 2 aromatic rings. The summed E-state index contributed by atoms with van der Waals surface area (Å²) in [4.78, 5) is 11.9. The molecule has 0 amide bonds. The molecule has 0 bridgehead atoms. The van der Waals surface area contributed by atoms with Crippen LogP contribution in [0, 0.1) is 6.92 Å². The zero-order valence-corrected chi connectivity index (χ0v) is 10.6. The van der Waals surface area contributed by atoms with Gasteiger partial charge in [0.2, 0.25) is 0 Å². The lowest BCUT2D eigenvalue weighted by Gasteiger charge is -2.04. The zero-order chi connectivity index (χ0) is 13.7. The fraction of sp³-hybridized carbons (Fsp3) is 0.308. The Labute approximate surface area is 110 Å². The summed E-state index contributed by atoms with van der Waals surface area (Å²) in [5.74, 6) is -0.509. The molecule has 0 aliphatic carbocycles. The van der Waals surface area contributed by atoms with Gasteiger partial charge in [0.25, 0.3) is 0 Å². The van der Waals surface area contributed by atoms with Crippen LogP contribution in [-0.4, -0.2) is 32.7 Å². The minimum atomic E-state index is -0.509. The van der Waals surface area contributed by atoms with E-state index < -0.39 is 5.97 Å². The molecule has 100 valence electrons. The van der Waals surface area contributed by atoms with Crippen molar-refractivity contribution < 1.29 is 14.6 Å². The number of aliphatic hydroxyl groups excluding tert-OH is 1. The van der Waals surface area contributed by atoms with E-state index in [-0.39, 0.29) is 18.9 Å². The SMILES string of the molecule is Cc1c(C(=O)OCc2ccccc2)nnn1CCO.